The van der Waals surface area contributed by atoms with Crippen molar-refractivity contribution in [1.29, 1.82) is 0 Å². The van der Waals surface area contributed by atoms with Crippen molar-refractivity contribution in [2.45, 2.75) is 103 Å². The number of ether oxygens (including phenoxy) is 1. The lowest BCUT2D eigenvalue weighted by atomic mass is 10.0. The van der Waals surface area contributed by atoms with Crippen LogP contribution >= 0.6 is 11.6 Å². The summed E-state index contributed by atoms with van der Waals surface area (Å²) < 4.78 is 34.0. The van der Waals surface area contributed by atoms with Crippen LogP contribution in [0.2, 0.25) is 23.2 Å². The molecule has 2 N–H and O–H groups in total. The summed E-state index contributed by atoms with van der Waals surface area (Å²) in [6, 6.07) is 5.69. The molecule has 5 rings (SSSR count). The van der Waals surface area contributed by atoms with Gasteiger partial charge in [0.1, 0.15) is 30.1 Å². The minimum Gasteiger partial charge on any atom is -0.491 e. The van der Waals surface area contributed by atoms with Crippen LogP contribution in [-0.2, 0) is 4.43 Å². The van der Waals surface area contributed by atoms with E-state index in [-0.39, 0.29) is 17.2 Å². The molecule has 0 radical (unpaired) electrons. The highest BCUT2D eigenvalue weighted by molar-refractivity contribution is 6.74. The first-order valence-electron chi connectivity index (χ1n) is 16.4. The van der Waals surface area contributed by atoms with Crippen LogP contribution in [0.1, 0.15) is 57.1 Å². The Morgan fingerprint density at radius 3 is 2.50 bits per heavy atom. The van der Waals surface area contributed by atoms with E-state index in [1.807, 2.05) is 40.0 Å². The number of halogens is 2. The number of nitrogens with one attached hydrogen (secondary N) is 2. The molecule has 9 nitrogen and oxygen atoms in total. The molecule has 252 valence electrons. The third-order valence-corrected chi connectivity index (χ3v) is 14.6. The van der Waals surface area contributed by atoms with Crippen LogP contribution in [0, 0.1) is 20.8 Å². The van der Waals surface area contributed by atoms with Gasteiger partial charge in [0.25, 0.3) is 0 Å². The fraction of sp³-hybridized carbons (Fsp3) is 0.618. The predicted octanol–water partition coefficient (Wildman–Crippen LogP) is 7.35. The molecule has 0 unspecified atom stereocenters. The molecule has 1 aliphatic carbocycles. The lowest BCUT2D eigenvalue weighted by molar-refractivity contribution is 0.115. The number of anilines is 1. The molecule has 3 heterocycles. The van der Waals surface area contributed by atoms with Crippen molar-refractivity contribution in [1.82, 2.24) is 25.3 Å². The molecule has 12 heteroatoms. The Bertz CT molecular complexity index is 1510. The number of benzene rings is 1. The number of piperidine rings is 1. The highest BCUT2D eigenvalue weighted by Gasteiger charge is 2.39. The number of alkyl halides is 1. The van der Waals surface area contributed by atoms with E-state index in [1.54, 1.807) is 6.07 Å². The molecule has 1 saturated heterocycles. The minimum atomic E-state index is -2.01. The second kappa shape index (κ2) is 13.9. The van der Waals surface area contributed by atoms with Gasteiger partial charge in [-0.05, 0) is 83.4 Å². The first kappa shape index (κ1) is 34.8. The molecule has 2 aliphatic rings. The molecule has 3 atom stereocenters. The zero-order chi connectivity index (χ0) is 33.4. The van der Waals surface area contributed by atoms with Gasteiger partial charge < -0.3 is 24.3 Å². The fourth-order valence-electron chi connectivity index (χ4n) is 5.79. The summed E-state index contributed by atoms with van der Waals surface area (Å²) in [6.07, 6.45) is 1.91. The fourth-order valence-corrected chi connectivity index (χ4v) is 7.33. The summed E-state index contributed by atoms with van der Waals surface area (Å²) in [4.78, 5) is 12.2. The number of likely N-dealkylation sites (tertiary alicyclic amines) is 1. The Labute approximate surface area is 279 Å². The Morgan fingerprint density at radius 1 is 1.15 bits per heavy atom. The maximum absolute atomic E-state index is 15.5. The maximum Gasteiger partial charge on any atom is 0.192 e. The van der Waals surface area contributed by atoms with Crippen molar-refractivity contribution in [2.75, 3.05) is 38.6 Å². The Morgan fingerprint density at radius 2 is 1.89 bits per heavy atom. The molecule has 46 heavy (non-hydrogen) atoms. The summed E-state index contributed by atoms with van der Waals surface area (Å²) in [5.74, 6) is 2.27. The van der Waals surface area contributed by atoms with Gasteiger partial charge in [-0.2, -0.15) is 0 Å². The van der Waals surface area contributed by atoms with Crippen molar-refractivity contribution < 1.29 is 18.1 Å². The summed E-state index contributed by atoms with van der Waals surface area (Å²) in [5, 5.41) is 11.4. The number of hydrogen-bond acceptors (Lipinski definition) is 9. The largest absolute Gasteiger partial charge is 0.491 e. The van der Waals surface area contributed by atoms with Gasteiger partial charge in [-0.15, -0.1) is 0 Å². The average Bonchev–Trinajstić information content (AvgIpc) is 3.78. The number of likely N-dealkylation sites (N-methyl/N-ethyl adjacent to an activating group) is 1. The molecule has 1 saturated carbocycles. The zero-order valence-electron chi connectivity index (χ0n) is 28.8. The summed E-state index contributed by atoms with van der Waals surface area (Å²) in [5.41, 5.74) is 3.61. The smallest absolute Gasteiger partial charge is 0.192 e. The van der Waals surface area contributed by atoms with Gasteiger partial charge in [-0.3, -0.25) is 4.90 Å². The normalized spacial score (nSPS) is 20.2. The number of nitrogens with zero attached hydrogens (tertiary/aromatic N) is 4. The Balaban J connectivity index is 1.45. The van der Waals surface area contributed by atoms with Crippen LogP contribution in [0.4, 0.5) is 10.2 Å². The molecule has 0 bridgehead atoms. The van der Waals surface area contributed by atoms with Crippen LogP contribution in [-0.4, -0.2) is 86.0 Å². The molecule has 3 aromatic rings. The van der Waals surface area contributed by atoms with Crippen LogP contribution in [0.5, 0.6) is 5.75 Å². The molecule has 1 aliphatic heterocycles. The molecule has 0 amide bonds. The van der Waals surface area contributed by atoms with Gasteiger partial charge in [0.2, 0.25) is 0 Å². The molecule has 2 aromatic heterocycles. The van der Waals surface area contributed by atoms with Gasteiger partial charge in [0.15, 0.2) is 14.1 Å². The van der Waals surface area contributed by atoms with Gasteiger partial charge >= 0.3 is 0 Å². The first-order chi connectivity index (χ1) is 21.7. The van der Waals surface area contributed by atoms with E-state index >= 15 is 4.39 Å². The standard InChI is InChI=1S/C34H50ClFN6O3Si/c1-20-31(30-21(2)41-44-22(30)3)39-33(40-32(20)38-29-14-15-42(18-28(29)36)23-10-11-23)26-16-24(12-13-27(26)35)43-19-25(17-37-7)45-46(8,9)34(4,5)6/h12-13,16,23,25,28-29,37H,10-11,14-15,17-19H2,1-9H3,(H,38,39,40)/t25-,28-,29+/m1/s1. The number of rotatable bonds is 12. The number of hydrogen-bond donors (Lipinski definition) is 2. The SMILES string of the molecule is CNC[C@H](COc1ccc(Cl)c(-c2nc(N[C@H]3CCN(C4CC4)C[C@H]3F)c(C)c(-c3c(C)noc3C)n2)c1)O[Si](C)(C)C(C)(C)C. The molecular weight excluding hydrogens is 623 g/mol. The second-order valence-electron chi connectivity index (χ2n) is 14.4. The van der Waals surface area contributed by atoms with E-state index in [1.165, 1.54) is 12.8 Å². The lowest BCUT2D eigenvalue weighted by Crippen LogP contribution is -2.48. The van der Waals surface area contributed by atoms with Gasteiger partial charge in [-0.1, -0.05) is 37.5 Å². The van der Waals surface area contributed by atoms with Crippen LogP contribution in [0.25, 0.3) is 22.6 Å². The maximum atomic E-state index is 15.5. The quantitative estimate of drug-likeness (QED) is 0.191. The summed E-state index contributed by atoms with van der Waals surface area (Å²) in [6.45, 7) is 19.2. The Kier molecular flexibility index (Phi) is 10.5. The van der Waals surface area contributed by atoms with Gasteiger partial charge in [0, 0.05) is 36.8 Å². The summed E-state index contributed by atoms with van der Waals surface area (Å²) in [7, 11) is -0.0926. The van der Waals surface area contributed by atoms with Gasteiger partial charge in [-0.25, -0.2) is 14.4 Å². The average molecular weight is 673 g/mol. The lowest BCUT2D eigenvalue weighted by Gasteiger charge is -2.39. The highest BCUT2D eigenvalue weighted by atomic mass is 35.5. The van der Waals surface area contributed by atoms with E-state index in [0.29, 0.717) is 71.6 Å². The zero-order valence-corrected chi connectivity index (χ0v) is 30.5. The second-order valence-corrected chi connectivity index (χ2v) is 19.5. The van der Waals surface area contributed by atoms with Crippen molar-refractivity contribution in [3.05, 3.63) is 40.2 Å². The molecule has 2 fully saturated rings. The molecular formula is C34H50ClFN6O3Si. The van der Waals surface area contributed by atoms with E-state index in [0.717, 1.165) is 23.4 Å². The topological polar surface area (TPSA) is 97.6 Å². The highest BCUT2D eigenvalue weighted by Crippen LogP contribution is 2.39. The summed E-state index contributed by atoms with van der Waals surface area (Å²) >= 11 is 6.80. The van der Waals surface area contributed by atoms with Crippen molar-refractivity contribution in [3.63, 3.8) is 0 Å². The minimum absolute atomic E-state index is 0.0796. The molecule has 1 aromatic carbocycles. The monoisotopic (exact) mass is 672 g/mol. The first-order valence-corrected chi connectivity index (χ1v) is 19.7. The number of aromatic nitrogens is 3. The van der Waals surface area contributed by atoms with Gasteiger partial charge in [0.05, 0.1) is 34.1 Å². The van der Waals surface area contributed by atoms with Crippen LogP contribution < -0.4 is 15.4 Å². The van der Waals surface area contributed by atoms with E-state index in [2.05, 4.69) is 54.6 Å². The van der Waals surface area contributed by atoms with Crippen molar-refractivity contribution in [2.24, 2.45) is 0 Å². The predicted molar refractivity (Wildman–Crippen MR) is 185 cm³/mol. The van der Waals surface area contributed by atoms with E-state index in [9.17, 15) is 0 Å². The number of aryl methyl sites for hydroxylation is 2. The van der Waals surface area contributed by atoms with Crippen molar-refractivity contribution >= 4 is 25.7 Å². The third kappa shape index (κ3) is 7.76. The van der Waals surface area contributed by atoms with Crippen LogP contribution in [0.15, 0.2) is 22.7 Å². The van der Waals surface area contributed by atoms with Crippen LogP contribution in [0.3, 0.4) is 0 Å². The third-order valence-electron chi connectivity index (χ3n) is 9.69. The van der Waals surface area contributed by atoms with Crippen molar-refractivity contribution in [3.8, 4) is 28.4 Å². The Hall–Kier alpha value is -2.57. The van der Waals surface area contributed by atoms with E-state index < -0.39 is 14.5 Å². The van der Waals surface area contributed by atoms with E-state index in [4.69, 9.17) is 35.3 Å². The molecule has 0 spiro atoms.